The molecule has 7 nitrogen and oxygen atoms in total. The maximum Gasteiger partial charge on any atom is 0.350 e. The highest BCUT2D eigenvalue weighted by atomic mass is 32.1. The van der Waals surface area contributed by atoms with E-state index in [0.29, 0.717) is 16.5 Å². The van der Waals surface area contributed by atoms with Gasteiger partial charge in [-0.1, -0.05) is 43.2 Å². The minimum Gasteiger partial charge on any atom is -0.462 e. The highest BCUT2D eigenvalue weighted by molar-refractivity contribution is 7.18. The van der Waals surface area contributed by atoms with Crippen molar-refractivity contribution < 1.29 is 19.1 Å². The fourth-order valence-electron chi connectivity index (χ4n) is 4.86. The minimum absolute atomic E-state index is 0.0631. The van der Waals surface area contributed by atoms with Crippen molar-refractivity contribution in [3.05, 3.63) is 41.3 Å². The number of carbonyl (C=O) groups is 3. The van der Waals surface area contributed by atoms with Crippen molar-refractivity contribution in [2.75, 3.05) is 44.6 Å². The lowest BCUT2D eigenvalue weighted by Gasteiger charge is -2.33. The molecule has 4 rings (SSSR count). The van der Waals surface area contributed by atoms with Crippen LogP contribution in [0.3, 0.4) is 0 Å². The van der Waals surface area contributed by atoms with E-state index in [1.165, 1.54) is 24.2 Å². The number of amides is 2. The van der Waals surface area contributed by atoms with Crippen molar-refractivity contribution in [2.24, 2.45) is 5.92 Å². The summed E-state index contributed by atoms with van der Waals surface area (Å²) < 4.78 is 5.22. The first-order chi connectivity index (χ1) is 17.0. The topological polar surface area (TPSA) is 79.0 Å². The van der Waals surface area contributed by atoms with Crippen LogP contribution in [0.5, 0.6) is 0 Å². The molecule has 2 fully saturated rings. The van der Waals surface area contributed by atoms with Gasteiger partial charge in [0.05, 0.1) is 18.8 Å². The molecule has 0 spiro atoms. The van der Waals surface area contributed by atoms with Crippen molar-refractivity contribution >= 4 is 34.8 Å². The van der Waals surface area contributed by atoms with Crippen LogP contribution in [-0.2, 0) is 14.3 Å². The number of piperidine rings is 1. The number of hydrogen-bond donors (Lipinski definition) is 1. The SMILES string of the molecule is CCOC(=O)c1sc(-c2ccccc2)cc1NC(=O)CN1CCC(C(=O)N2CCCCCC2)CC1. The largest absolute Gasteiger partial charge is 0.462 e. The summed E-state index contributed by atoms with van der Waals surface area (Å²) >= 11 is 1.32. The molecular weight excluding hydrogens is 462 g/mol. The fraction of sp³-hybridized carbons (Fsp3) is 0.519. The van der Waals surface area contributed by atoms with E-state index in [-0.39, 0.29) is 25.0 Å². The van der Waals surface area contributed by atoms with Crippen molar-refractivity contribution in [3.63, 3.8) is 0 Å². The number of nitrogens with zero attached hydrogens (tertiary/aromatic N) is 2. The van der Waals surface area contributed by atoms with Crippen LogP contribution in [0.25, 0.3) is 10.4 Å². The first-order valence-corrected chi connectivity index (χ1v) is 13.5. The van der Waals surface area contributed by atoms with E-state index in [4.69, 9.17) is 4.74 Å². The van der Waals surface area contributed by atoms with Gasteiger partial charge in [-0.15, -0.1) is 11.3 Å². The lowest BCUT2D eigenvalue weighted by atomic mass is 9.95. The Morgan fingerprint density at radius 3 is 2.34 bits per heavy atom. The molecule has 3 heterocycles. The third-order valence-corrected chi connectivity index (χ3v) is 7.91. The Balaban J connectivity index is 1.34. The smallest absolute Gasteiger partial charge is 0.350 e. The van der Waals surface area contributed by atoms with Crippen LogP contribution in [0.4, 0.5) is 5.69 Å². The minimum atomic E-state index is -0.428. The molecule has 0 unspecified atom stereocenters. The Bertz CT molecular complexity index is 1010. The van der Waals surface area contributed by atoms with Gasteiger partial charge >= 0.3 is 5.97 Å². The van der Waals surface area contributed by atoms with Gasteiger partial charge in [-0.25, -0.2) is 4.79 Å². The van der Waals surface area contributed by atoms with Gasteiger partial charge in [0.2, 0.25) is 11.8 Å². The number of carbonyl (C=O) groups excluding carboxylic acids is 3. The van der Waals surface area contributed by atoms with Gasteiger partial charge in [-0.2, -0.15) is 0 Å². The van der Waals surface area contributed by atoms with Crippen LogP contribution in [-0.4, -0.2) is 66.9 Å². The van der Waals surface area contributed by atoms with E-state index in [1.54, 1.807) is 6.92 Å². The molecule has 2 saturated heterocycles. The zero-order valence-corrected chi connectivity index (χ0v) is 21.3. The number of rotatable bonds is 7. The highest BCUT2D eigenvalue weighted by Crippen LogP contribution is 2.35. The van der Waals surface area contributed by atoms with E-state index < -0.39 is 5.97 Å². The molecule has 0 bridgehead atoms. The third-order valence-electron chi connectivity index (χ3n) is 6.75. The molecule has 1 aromatic carbocycles. The van der Waals surface area contributed by atoms with Crippen molar-refractivity contribution in [1.29, 1.82) is 0 Å². The zero-order valence-electron chi connectivity index (χ0n) is 20.5. The van der Waals surface area contributed by atoms with Gasteiger partial charge in [0.1, 0.15) is 4.88 Å². The standard InChI is InChI=1S/C27H35N3O4S/c1-2-34-27(33)25-22(18-23(35-25)20-10-6-5-7-11-20)28-24(31)19-29-16-12-21(13-17-29)26(32)30-14-8-3-4-9-15-30/h5-7,10-11,18,21H,2-4,8-9,12-17,19H2,1H3,(H,28,31). The summed E-state index contributed by atoms with van der Waals surface area (Å²) in [5, 5.41) is 2.93. The van der Waals surface area contributed by atoms with Crippen LogP contribution in [0.15, 0.2) is 36.4 Å². The van der Waals surface area contributed by atoms with E-state index in [2.05, 4.69) is 15.1 Å². The zero-order chi connectivity index (χ0) is 24.6. The molecule has 35 heavy (non-hydrogen) atoms. The Morgan fingerprint density at radius 2 is 1.69 bits per heavy atom. The van der Waals surface area contributed by atoms with Gasteiger partial charge in [-0.05, 0) is 57.3 Å². The van der Waals surface area contributed by atoms with Crippen LogP contribution < -0.4 is 5.32 Å². The summed E-state index contributed by atoms with van der Waals surface area (Å²) in [5.41, 5.74) is 1.48. The first-order valence-electron chi connectivity index (χ1n) is 12.7. The first kappa shape index (κ1) is 25.4. The number of esters is 1. The molecule has 2 aliphatic rings. The normalized spacial score (nSPS) is 17.6. The van der Waals surface area contributed by atoms with E-state index >= 15 is 0 Å². The summed E-state index contributed by atoms with van der Waals surface area (Å²) in [6.45, 7) is 5.50. The Hall–Kier alpha value is -2.71. The molecule has 0 radical (unpaired) electrons. The molecule has 2 amide bonds. The lowest BCUT2D eigenvalue weighted by Crippen LogP contribution is -2.44. The van der Waals surface area contributed by atoms with Gasteiger partial charge in [0.25, 0.3) is 0 Å². The second-order valence-electron chi connectivity index (χ2n) is 9.28. The summed E-state index contributed by atoms with van der Waals surface area (Å²) in [4.78, 5) is 43.8. The van der Waals surface area contributed by atoms with Gasteiger partial charge in [0.15, 0.2) is 0 Å². The van der Waals surface area contributed by atoms with E-state index in [1.807, 2.05) is 36.4 Å². The van der Waals surface area contributed by atoms with Gasteiger partial charge < -0.3 is 15.0 Å². The summed E-state index contributed by atoms with van der Waals surface area (Å²) in [5.74, 6) is -0.233. The predicted molar refractivity (Wildman–Crippen MR) is 139 cm³/mol. The lowest BCUT2D eigenvalue weighted by molar-refractivity contribution is -0.137. The molecule has 1 N–H and O–H groups in total. The second kappa shape index (κ2) is 12.3. The van der Waals surface area contributed by atoms with Crippen molar-refractivity contribution in [2.45, 2.75) is 45.4 Å². The average molecular weight is 498 g/mol. The number of likely N-dealkylation sites (tertiary alicyclic amines) is 2. The van der Waals surface area contributed by atoms with Crippen LogP contribution in [0.1, 0.15) is 55.1 Å². The van der Waals surface area contributed by atoms with E-state index in [9.17, 15) is 14.4 Å². The van der Waals surface area contributed by atoms with Crippen molar-refractivity contribution in [1.82, 2.24) is 9.80 Å². The molecule has 0 saturated carbocycles. The number of benzene rings is 1. The second-order valence-corrected chi connectivity index (χ2v) is 10.3. The number of ether oxygens (including phenoxy) is 1. The molecule has 2 aliphatic heterocycles. The summed E-state index contributed by atoms with van der Waals surface area (Å²) in [6, 6.07) is 11.6. The number of nitrogens with one attached hydrogen (secondary N) is 1. The monoisotopic (exact) mass is 497 g/mol. The molecule has 0 aliphatic carbocycles. The quantitative estimate of drug-likeness (QED) is 0.564. The van der Waals surface area contributed by atoms with Crippen molar-refractivity contribution in [3.8, 4) is 10.4 Å². The van der Waals surface area contributed by atoms with E-state index in [0.717, 1.165) is 62.3 Å². The van der Waals surface area contributed by atoms with Gasteiger partial charge in [-0.3, -0.25) is 14.5 Å². The number of anilines is 1. The molecular formula is C27H35N3O4S. The van der Waals surface area contributed by atoms with Crippen LogP contribution in [0.2, 0.25) is 0 Å². The summed E-state index contributed by atoms with van der Waals surface area (Å²) in [7, 11) is 0. The maximum absolute atomic E-state index is 12.9. The average Bonchev–Trinajstić information content (AvgIpc) is 3.09. The van der Waals surface area contributed by atoms with Crippen LogP contribution >= 0.6 is 11.3 Å². The fourth-order valence-corrected chi connectivity index (χ4v) is 5.87. The predicted octanol–water partition coefficient (Wildman–Crippen LogP) is 4.64. The molecule has 0 atom stereocenters. The third kappa shape index (κ3) is 6.70. The number of hydrogen-bond acceptors (Lipinski definition) is 6. The number of thiophene rings is 1. The Labute approximate surface area is 211 Å². The molecule has 8 heteroatoms. The van der Waals surface area contributed by atoms with Gasteiger partial charge in [0, 0.05) is 23.9 Å². The maximum atomic E-state index is 12.9. The molecule has 2 aromatic rings. The highest BCUT2D eigenvalue weighted by Gasteiger charge is 2.29. The molecule has 188 valence electrons. The Morgan fingerprint density at radius 1 is 1.00 bits per heavy atom. The van der Waals surface area contributed by atoms with Crippen LogP contribution in [0, 0.1) is 5.92 Å². The Kier molecular flexibility index (Phi) is 8.93. The molecule has 1 aromatic heterocycles. The summed E-state index contributed by atoms with van der Waals surface area (Å²) in [6.07, 6.45) is 6.21.